The predicted molar refractivity (Wildman–Crippen MR) is 68.7 cm³/mol. The van der Waals surface area contributed by atoms with Gasteiger partial charge in [0.25, 0.3) is 0 Å². The third-order valence-corrected chi connectivity index (χ3v) is 3.52. The van der Waals surface area contributed by atoms with Gasteiger partial charge in [-0.3, -0.25) is 9.69 Å². The highest BCUT2D eigenvalue weighted by molar-refractivity contribution is 9.10. The summed E-state index contributed by atoms with van der Waals surface area (Å²) in [5, 5.41) is 0. The molecule has 16 heavy (non-hydrogen) atoms. The van der Waals surface area contributed by atoms with Gasteiger partial charge in [0, 0.05) is 16.6 Å². The molecule has 1 heterocycles. The summed E-state index contributed by atoms with van der Waals surface area (Å²) in [6, 6.07) is 7.62. The van der Waals surface area contributed by atoms with Crippen LogP contribution in [0.2, 0.25) is 0 Å². The molecule has 0 saturated carbocycles. The van der Waals surface area contributed by atoms with Gasteiger partial charge < -0.3 is 0 Å². The van der Waals surface area contributed by atoms with Gasteiger partial charge in [-0.05, 0) is 31.0 Å². The van der Waals surface area contributed by atoms with Crippen LogP contribution in [0.5, 0.6) is 0 Å². The van der Waals surface area contributed by atoms with Crippen LogP contribution >= 0.6 is 15.9 Å². The summed E-state index contributed by atoms with van der Waals surface area (Å²) in [5.74, 6) is 0.950. The number of carbonyl (C=O) groups excluding carboxylic acids is 1. The molecule has 0 N–H and O–H groups in total. The molecule has 1 atom stereocenters. The lowest BCUT2D eigenvalue weighted by atomic mass is 10.1. The van der Waals surface area contributed by atoms with Gasteiger partial charge in [-0.1, -0.05) is 35.0 Å². The summed E-state index contributed by atoms with van der Waals surface area (Å²) in [6.07, 6.45) is 1.21. The average molecular weight is 282 g/mol. The maximum atomic E-state index is 12.0. The summed E-state index contributed by atoms with van der Waals surface area (Å²) in [6.45, 7) is 4.91. The van der Waals surface area contributed by atoms with Gasteiger partial charge in [0.2, 0.25) is 0 Å². The number of nitrogens with zero attached hydrogens (tertiary/aromatic N) is 1. The second kappa shape index (κ2) is 5.11. The molecule has 1 aliphatic rings. The molecule has 1 aromatic rings. The monoisotopic (exact) mass is 281 g/mol. The van der Waals surface area contributed by atoms with Gasteiger partial charge in [0.15, 0.2) is 5.78 Å². The van der Waals surface area contributed by atoms with Gasteiger partial charge in [-0.2, -0.15) is 0 Å². The van der Waals surface area contributed by atoms with E-state index in [0.29, 0.717) is 6.54 Å². The first-order valence-corrected chi connectivity index (χ1v) is 6.45. The van der Waals surface area contributed by atoms with E-state index in [4.69, 9.17) is 0 Å². The molecule has 0 spiro atoms. The zero-order chi connectivity index (χ0) is 11.5. The van der Waals surface area contributed by atoms with E-state index in [-0.39, 0.29) is 5.78 Å². The third kappa shape index (κ3) is 2.92. The quantitative estimate of drug-likeness (QED) is 0.794. The Labute approximate surface area is 105 Å². The summed E-state index contributed by atoms with van der Waals surface area (Å²) in [4.78, 5) is 14.2. The highest BCUT2D eigenvalue weighted by atomic mass is 79.9. The van der Waals surface area contributed by atoms with Gasteiger partial charge in [-0.15, -0.1) is 0 Å². The summed E-state index contributed by atoms with van der Waals surface area (Å²) < 4.78 is 0.966. The molecule has 1 fully saturated rings. The van der Waals surface area contributed by atoms with Crippen molar-refractivity contribution < 1.29 is 4.79 Å². The molecule has 0 bridgehead atoms. The smallest absolute Gasteiger partial charge is 0.176 e. The lowest BCUT2D eigenvalue weighted by molar-refractivity contribution is 0.0943. The van der Waals surface area contributed by atoms with Crippen molar-refractivity contribution in [2.24, 2.45) is 5.92 Å². The molecule has 0 aromatic heterocycles. The molecule has 1 aliphatic heterocycles. The first-order valence-electron chi connectivity index (χ1n) is 5.66. The minimum absolute atomic E-state index is 0.218. The Morgan fingerprint density at radius 2 is 2.38 bits per heavy atom. The van der Waals surface area contributed by atoms with E-state index in [2.05, 4.69) is 27.8 Å². The van der Waals surface area contributed by atoms with Crippen molar-refractivity contribution in [3.05, 3.63) is 34.3 Å². The van der Waals surface area contributed by atoms with Crippen molar-refractivity contribution in [1.29, 1.82) is 0 Å². The molecule has 86 valence electrons. The lowest BCUT2D eigenvalue weighted by Crippen LogP contribution is -2.27. The van der Waals surface area contributed by atoms with Crippen molar-refractivity contribution in [3.63, 3.8) is 0 Å². The van der Waals surface area contributed by atoms with Crippen molar-refractivity contribution in [2.45, 2.75) is 13.3 Å². The molecular formula is C13H16BrNO. The Kier molecular flexibility index (Phi) is 3.77. The zero-order valence-electron chi connectivity index (χ0n) is 9.45. The topological polar surface area (TPSA) is 20.3 Å². The van der Waals surface area contributed by atoms with Crippen LogP contribution in [0.1, 0.15) is 23.7 Å². The number of benzene rings is 1. The fourth-order valence-corrected chi connectivity index (χ4v) is 2.53. The second-order valence-corrected chi connectivity index (χ2v) is 5.48. The summed E-state index contributed by atoms with van der Waals surface area (Å²) in [5.41, 5.74) is 0.800. The van der Waals surface area contributed by atoms with E-state index in [1.807, 2.05) is 24.3 Å². The molecule has 2 nitrogen and oxygen atoms in total. The molecular weight excluding hydrogens is 266 g/mol. The number of halogens is 1. The highest BCUT2D eigenvalue weighted by Crippen LogP contribution is 2.17. The molecule has 3 heteroatoms. The summed E-state index contributed by atoms with van der Waals surface area (Å²) in [7, 11) is 0. The van der Waals surface area contributed by atoms with Crippen molar-refractivity contribution in [3.8, 4) is 0 Å². The lowest BCUT2D eigenvalue weighted by Gasteiger charge is -2.14. The van der Waals surface area contributed by atoms with E-state index in [1.165, 1.54) is 6.42 Å². The van der Waals surface area contributed by atoms with Gasteiger partial charge in [0.05, 0.1) is 6.54 Å². The fourth-order valence-electron chi connectivity index (χ4n) is 2.13. The average Bonchev–Trinajstić information content (AvgIpc) is 2.64. The number of likely N-dealkylation sites (tertiary alicyclic amines) is 1. The summed E-state index contributed by atoms with van der Waals surface area (Å²) >= 11 is 3.39. The molecule has 1 unspecified atom stereocenters. The Hall–Kier alpha value is -0.670. The SMILES string of the molecule is CC1CCN(CC(=O)c2cccc(Br)c2)C1. The van der Waals surface area contributed by atoms with E-state index in [9.17, 15) is 4.79 Å². The first-order chi connectivity index (χ1) is 7.65. The van der Waals surface area contributed by atoms with E-state index >= 15 is 0 Å². The van der Waals surface area contributed by atoms with E-state index < -0.39 is 0 Å². The number of carbonyl (C=O) groups is 1. The van der Waals surface area contributed by atoms with Crippen LogP contribution in [-0.2, 0) is 0 Å². The highest BCUT2D eigenvalue weighted by Gasteiger charge is 2.21. The zero-order valence-corrected chi connectivity index (χ0v) is 11.0. The molecule has 2 rings (SSSR count). The molecule has 0 amide bonds. The first kappa shape index (κ1) is 11.8. The number of hydrogen-bond acceptors (Lipinski definition) is 2. The van der Waals surface area contributed by atoms with Crippen molar-refractivity contribution in [1.82, 2.24) is 4.90 Å². The Morgan fingerprint density at radius 3 is 3.00 bits per heavy atom. The predicted octanol–water partition coefficient (Wildman–Crippen LogP) is 2.97. The van der Waals surface area contributed by atoms with Crippen LogP contribution in [0.15, 0.2) is 28.7 Å². The number of rotatable bonds is 3. The van der Waals surface area contributed by atoms with E-state index in [1.54, 1.807) is 0 Å². The van der Waals surface area contributed by atoms with E-state index in [0.717, 1.165) is 29.0 Å². The fraction of sp³-hybridized carbons (Fsp3) is 0.462. The standard InChI is InChI=1S/C13H16BrNO/c1-10-5-6-15(8-10)9-13(16)11-3-2-4-12(14)7-11/h2-4,7,10H,5-6,8-9H2,1H3. The molecule has 0 radical (unpaired) electrons. The third-order valence-electron chi connectivity index (χ3n) is 3.02. The maximum absolute atomic E-state index is 12.0. The van der Waals surface area contributed by atoms with Crippen LogP contribution in [0, 0.1) is 5.92 Å². The number of hydrogen-bond donors (Lipinski definition) is 0. The van der Waals surface area contributed by atoms with Crippen LogP contribution in [0.3, 0.4) is 0 Å². The molecule has 1 saturated heterocycles. The minimum atomic E-state index is 0.218. The Balaban J connectivity index is 1.98. The van der Waals surface area contributed by atoms with Gasteiger partial charge in [0.1, 0.15) is 0 Å². The van der Waals surface area contributed by atoms with Crippen molar-refractivity contribution in [2.75, 3.05) is 19.6 Å². The minimum Gasteiger partial charge on any atom is -0.296 e. The van der Waals surface area contributed by atoms with Gasteiger partial charge in [-0.25, -0.2) is 0 Å². The second-order valence-electron chi connectivity index (χ2n) is 4.56. The Bertz CT molecular complexity index is 391. The largest absolute Gasteiger partial charge is 0.296 e. The Morgan fingerprint density at radius 1 is 1.56 bits per heavy atom. The normalized spacial score (nSPS) is 21.2. The molecule has 1 aromatic carbocycles. The number of Topliss-reactive ketones (excluding diaryl/α,β-unsaturated/α-hetero) is 1. The number of ketones is 1. The molecule has 0 aliphatic carbocycles. The van der Waals surface area contributed by atoms with Crippen LogP contribution < -0.4 is 0 Å². The maximum Gasteiger partial charge on any atom is 0.176 e. The van der Waals surface area contributed by atoms with Crippen molar-refractivity contribution >= 4 is 21.7 Å². The van der Waals surface area contributed by atoms with Crippen LogP contribution in [-0.4, -0.2) is 30.3 Å². The van der Waals surface area contributed by atoms with Crippen LogP contribution in [0.25, 0.3) is 0 Å². The van der Waals surface area contributed by atoms with Gasteiger partial charge >= 0.3 is 0 Å². The van der Waals surface area contributed by atoms with Crippen LogP contribution in [0.4, 0.5) is 0 Å².